The SMILES string of the molecule is CCc1cc(C(F)(C(F)(F)F)C(F)(F)F)cc(CC)c1C(=O)Nc1cccc(N)c1. The molecule has 2 aromatic rings. The molecule has 164 valence electrons. The fraction of sp³-hybridized carbons (Fsp3) is 0.350. The fourth-order valence-corrected chi connectivity index (χ4v) is 3.11. The number of nitrogen functional groups attached to an aromatic ring is 1. The molecule has 2 rings (SSSR count). The van der Waals surface area contributed by atoms with Crippen LogP contribution in [0.4, 0.5) is 42.1 Å². The predicted octanol–water partition coefficient (Wildman–Crippen LogP) is 5.94. The third-order valence-electron chi connectivity index (χ3n) is 4.61. The lowest BCUT2D eigenvalue weighted by Gasteiger charge is -2.31. The van der Waals surface area contributed by atoms with E-state index in [-0.39, 0.29) is 29.5 Å². The Labute approximate surface area is 168 Å². The Hall–Kier alpha value is -2.78. The molecular weight excluding hydrogens is 417 g/mol. The van der Waals surface area contributed by atoms with E-state index in [4.69, 9.17) is 5.73 Å². The highest BCUT2D eigenvalue weighted by Crippen LogP contribution is 2.53. The van der Waals surface area contributed by atoms with Gasteiger partial charge in [0.15, 0.2) is 0 Å². The summed E-state index contributed by atoms with van der Waals surface area (Å²) in [5.41, 5.74) is -1.28. The summed E-state index contributed by atoms with van der Waals surface area (Å²) in [4.78, 5) is 12.7. The van der Waals surface area contributed by atoms with Crippen LogP contribution in [0, 0.1) is 0 Å². The van der Waals surface area contributed by atoms with Gasteiger partial charge < -0.3 is 11.1 Å². The molecule has 30 heavy (non-hydrogen) atoms. The average molecular weight is 436 g/mol. The zero-order chi connectivity index (χ0) is 22.9. The maximum Gasteiger partial charge on any atom is 0.435 e. The summed E-state index contributed by atoms with van der Waals surface area (Å²) in [6.45, 7) is 2.88. The zero-order valence-corrected chi connectivity index (χ0v) is 16.0. The summed E-state index contributed by atoms with van der Waals surface area (Å²) in [6.07, 6.45) is -12.6. The van der Waals surface area contributed by atoms with Gasteiger partial charge in [0, 0.05) is 22.5 Å². The molecule has 0 fully saturated rings. The van der Waals surface area contributed by atoms with Crippen molar-refractivity contribution in [3.63, 3.8) is 0 Å². The van der Waals surface area contributed by atoms with Crippen molar-refractivity contribution < 1.29 is 35.5 Å². The number of alkyl halides is 7. The highest BCUT2D eigenvalue weighted by Gasteiger charge is 2.73. The Morgan fingerprint density at radius 1 is 0.900 bits per heavy atom. The van der Waals surface area contributed by atoms with E-state index in [2.05, 4.69) is 5.32 Å². The van der Waals surface area contributed by atoms with Crippen LogP contribution in [0.3, 0.4) is 0 Å². The van der Waals surface area contributed by atoms with E-state index in [1.807, 2.05) is 0 Å². The number of benzene rings is 2. The second-order valence-electron chi connectivity index (χ2n) is 6.61. The lowest BCUT2D eigenvalue weighted by atomic mass is 9.86. The third kappa shape index (κ3) is 4.22. The summed E-state index contributed by atoms with van der Waals surface area (Å²) >= 11 is 0. The molecule has 10 heteroatoms. The van der Waals surface area contributed by atoms with Crippen LogP contribution in [0.15, 0.2) is 36.4 Å². The van der Waals surface area contributed by atoms with Crippen molar-refractivity contribution in [2.45, 2.75) is 44.7 Å². The Morgan fingerprint density at radius 3 is 1.80 bits per heavy atom. The zero-order valence-electron chi connectivity index (χ0n) is 16.0. The first kappa shape index (κ1) is 23.5. The second-order valence-corrected chi connectivity index (χ2v) is 6.61. The van der Waals surface area contributed by atoms with Crippen molar-refractivity contribution in [1.29, 1.82) is 0 Å². The van der Waals surface area contributed by atoms with Crippen LogP contribution in [-0.4, -0.2) is 18.3 Å². The Morgan fingerprint density at radius 2 is 1.40 bits per heavy atom. The molecule has 2 aromatic carbocycles. The van der Waals surface area contributed by atoms with Gasteiger partial charge in [-0.2, -0.15) is 26.3 Å². The van der Waals surface area contributed by atoms with Gasteiger partial charge in [-0.25, -0.2) is 4.39 Å². The first-order chi connectivity index (χ1) is 13.8. The fourth-order valence-electron chi connectivity index (χ4n) is 3.11. The minimum Gasteiger partial charge on any atom is -0.399 e. The van der Waals surface area contributed by atoms with E-state index in [0.29, 0.717) is 23.5 Å². The van der Waals surface area contributed by atoms with E-state index >= 15 is 0 Å². The number of rotatable bonds is 5. The van der Waals surface area contributed by atoms with E-state index in [0.717, 1.165) is 0 Å². The standard InChI is InChI=1S/C20H19F7N2O/c1-3-11-8-13(18(21,19(22,23)24)20(25,26)27)9-12(4-2)16(11)17(30)29-15-7-5-6-14(28)10-15/h5-10H,3-4,28H2,1-2H3,(H,29,30). The third-order valence-corrected chi connectivity index (χ3v) is 4.61. The summed E-state index contributed by atoms with van der Waals surface area (Å²) < 4.78 is 93.5. The average Bonchev–Trinajstić information content (AvgIpc) is 2.64. The molecule has 0 bridgehead atoms. The van der Waals surface area contributed by atoms with Crippen LogP contribution in [0.1, 0.15) is 40.9 Å². The number of hydrogen-bond donors (Lipinski definition) is 2. The van der Waals surface area contributed by atoms with Crippen LogP contribution in [0.5, 0.6) is 0 Å². The number of carbonyl (C=O) groups is 1. The molecule has 0 unspecified atom stereocenters. The van der Waals surface area contributed by atoms with Gasteiger partial charge in [0.05, 0.1) is 0 Å². The van der Waals surface area contributed by atoms with Crippen LogP contribution >= 0.6 is 0 Å². The van der Waals surface area contributed by atoms with Gasteiger partial charge in [-0.15, -0.1) is 0 Å². The number of carbonyl (C=O) groups excluding carboxylic acids is 1. The van der Waals surface area contributed by atoms with E-state index < -0.39 is 29.5 Å². The summed E-state index contributed by atoms with van der Waals surface area (Å²) in [5, 5.41) is 2.51. The van der Waals surface area contributed by atoms with Gasteiger partial charge in [-0.3, -0.25) is 4.79 Å². The number of hydrogen-bond acceptors (Lipinski definition) is 2. The maximum absolute atomic E-state index is 14.5. The predicted molar refractivity (Wildman–Crippen MR) is 98.9 cm³/mol. The lowest BCUT2D eigenvalue weighted by molar-refractivity contribution is -0.348. The molecule has 0 aliphatic heterocycles. The highest BCUT2D eigenvalue weighted by atomic mass is 19.4. The largest absolute Gasteiger partial charge is 0.435 e. The van der Waals surface area contributed by atoms with Crippen molar-refractivity contribution in [3.05, 3.63) is 58.7 Å². The van der Waals surface area contributed by atoms with E-state index in [9.17, 15) is 35.5 Å². The summed E-state index contributed by atoms with van der Waals surface area (Å²) in [7, 11) is 0. The molecule has 1 amide bonds. The van der Waals surface area contributed by atoms with Gasteiger partial charge >= 0.3 is 18.0 Å². The smallest absolute Gasteiger partial charge is 0.399 e. The molecule has 0 aromatic heterocycles. The number of nitrogens with two attached hydrogens (primary N) is 1. The van der Waals surface area contributed by atoms with Crippen LogP contribution < -0.4 is 11.1 Å². The minimum absolute atomic E-state index is 0.0910. The molecule has 0 saturated carbocycles. The molecule has 0 heterocycles. The molecule has 0 atom stereocenters. The normalized spacial score (nSPS) is 12.7. The van der Waals surface area contributed by atoms with E-state index in [1.165, 1.54) is 26.0 Å². The Kier molecular flexibility index (Phi) is 6.39. The minimum atomic E-state index is -6.23. The van der Waals surface area contributed by atoms with Gasteiger partial charge in [-0.1, -0.05) is 32.0 Å². The molecular formula is C20H19F7N2O. The van der Waals surface area contributed by atoms with Gasteiger partial charge in [0.1, 0.15) is 0 Å². The van der Waals surface area contributed by atoms with Crippen molar-refractivity contribution in [2.75, 3.05) is 11.1 Å². The first-order valence-corrected chi connectivity index (χ1v) is 8.91. The van der Waals surface area contributed by atoms with Gasteiger partial charge in [0.25, 0.3) is 5.91 Å². The topological polar surface area (TPSA) is 55.1 Å². The molecule has 3 nitrogen and oxygen atoms in total. The monoisotopic (exact) mass is 436 g/mol. The number of amides is 1. The van der Waals surface area contributed by atoms with Crippen molar-refractivity contribution >= 4 is 17.3 Å². The van der Waals surface area contributed by atoms with Crippen LogP contribution in [-0.2, 0) is 18.5 Å². The molecule has 3 N–H and O–H groups in total. The summed E-state index contributed by atoms with van der Waals surface area (Å²) in [5.74, 6) is -0.746. The Balaban J connectivity index is 2.64. The number of halogens is 7. The van der Waals surface area contributed by atoms with Crippen molar-refractivity contribution in [2.24, 2.45) is 0 Å². The molecule has 0 aliphatic carbocycles. The maximum atomic E-state index is 14.5. The number of aryl methyl sites for hydroxylation is 2. The first-order valence-electron chi connectivity index (χ1n) is 8.91. The molecule has 0 spiro atoms. The van der Waals surface area contributed by atoms with Gasteiger partial charge in [-0.05, 0) is 42.2 Å². The lowest BCUT2D eigenvalue weighted by Crippen LogP contribution is -2.50. The molecule has 0 saturated heterocycles. The van der Waals surface area contributed by atoms with Crippen LogP contribution in [0.2, 0.25) is 0 Å². The second kappa shape index (κ2) is 8.16. The number of nitrogens with one attached hydrogen (secondary N) is 1. The van der Waals surface area contributed by atoms with Gasteiger partial charge in [0.2, 0.25) is 0 Å². The quantitative estimate of drug-likeness (QED) is 0.451. The van der Waals surface area contributed by atoms with E-state index in [1.54, 1.807) is 12.1 Å². The molecule has 0 aliphatic rings. The van der Waals surface area contributed by atoms with Crippen molar-refractivity contribution in [3.8, 4) is 0 Å². The molecule has 0 radical (unpaired) electrons. The Bertz CT molecular complexity index is 896. The number of anilines is 2. The van der Waals surface area contributed by atoms with Crippen molar-refractivity contribution in [1.82, 2.24) is 0 Å². The van der Waals surface area contributed by atoms with Crippen LogP contribution in [0.25, 0.3) is 0 Å². The summed E-state index contributed by atoms with van der Waals surface area (Å²) in [6, 6.07) is 6.97. The highest BCUT2D eigenvalue weighted by molar-refractivity contribution is 6.06.